The molecule has 0 bridgehead atoms. The van der Waals surface area contributed by atoms with Gasteiger partial charge in [0.05, 0.1) is 35.4 Å². The van der Waals surface area contributed by atoms with Gasteiger partial charge in [0.1, 0.15) is 30.2 Å². The Morgan fingerprint density at radius 2 is 1.68 bits per heavy atom. The van der Waals surface area contributed by atoms with Gasteiger partial charge >= 0.3 is 11.9 Å². The van der Waals surface area contributed by atoms with Gasteiger partial charge in [-0.05, 0) is 107 Å². The van der Waals surface area contributed by atoms with Gasteiger partial charge in [-0.1, -0.05) is 26.7 Å². The van der Waals surface area contributed by atoms with E-state index in [0.29, 0.717) is 55.9 Å². The molecule has 0 aromatic carbocycles. The molecule has 10 fully saturated rings. The Kier molecular flexibility index (Phi) is 7.80. The summed E-state index contributed by atoms with van der Waals surface area (Å²) in [5, 5.41) is 31.2. The number of Topliss-reactive ketones (excluding diaryl/α,β-unsaturated/α-hetero) is 1. The minimum Gasteiger partial charge on any atom is -0.469 e. The summed E-state index contributed by atoms with van der Waals surface area (Å²) in [6, 6.07) is 2.42. The van der Waals surface area contributed by atoms with Gasteiger partial charge in [-0.25, -0.2) is 4.79 Å². The van der Waals surface area contributed by atoms with Crippen molar-refractivity contribution in [2.75, 3.05) is 19.8 Å². The maximum Gasteiger partial charge on any atom is 0.339 e. The van der Waals surface area contributed by atoms with Crippen LogP contribution >= 0.6 is 0 Å². The molecule has 5 saturated carbocycles. The zero-order chi connectivity index (χ0) is 38.8. The molecule has 11 rings (SSSR count). The Bertz CT molecular complexity index is 1830. The first-order valence-corrected chi connectivity index (χ1v) is 21.9. The maximum absolute atomic E-state index is 15.0. The average molecular weight is 777 g/mol. The fourth-order valence-corrected chi connectivity index (χ4v) is 16.2. The number of cyclic esters (lactones) is 2. The number of furan rings is 1. The number of fused-ring (bicyclic) bond motifs is 3. The van der Waals surface area contributed by atoms with Crippen LogP contribution in [0.2, 0.25) is 0 Å². The van der Waals surface area contributed by atoms with Gasteiger partial charge in [0, 0.05) is 47.5 Å². The highest BCUT2D eigenvalue weighted by Crippen LogP contribution is 2.81. The van der Waals surface area contributed by atoms with Crippen LogP contribution in [0.15, 0.2) is 16.7 Å². The van der Waals surface area contributed by atoms with E-state index in [4.69, 9.17) is 23.4 Å². The number of epoxide rings is 1. The number of aliphatic hydroxyl groups excluding tert-OH is 2. The molecule has 1 aromatic rings. The highest BCUT2D eigenvalue weighted by molar-refractivity contribution is 5.92. The number of aliphatic hydroxyl groups is 2. The molecule has 0 radical (unpaired) electrons. The van der Waals surface area contributed by atoms with E-state index in [-0.39, 0.29) is 30.2 Å². The topological polar surface area (TPSA) is 169 Å². The number of ether oxygens (including phenoxy) is 4. The third-order valence-electron chi connectivity index (χ3n) is 18.5. The molecule has 0 unspecified atom stereocenters. The van der Waals surface area contributed by atoms with Gasteiger partial charge < -0.3 is 44.2 Å². The van der Waals surface area contributed by atoms with E-state index >= 15 is 0 Å². The van der Waals surface area contributed by atoms with E-state index in [2.05, 4.69) is 17.6 Å². The van der Waals surface area contributed by atoms with Gasteiger partial charge in [-0.15, -0.1) is 0 Å². The number of rotatable bonds is 4. The summed E-state index contributed by atoms with van der Waals surface area (Å²) < 4.78 is 32.6. The molecule has 12 heteroatoms. The molecule has 5 saturated heterocycles. The van der Waals surface area contributed by atoms with E-state index in [1.54, 1.807) is 6.26 Å². The van der Waals surface area contributed by atoms with Crippen LogP contribution in [-0.4, -0.2) is 89.4 Å². The molecule has 10 aliphatic rings. The first-order valence-electron chi connectivity index (χ1n) is 21.9. The van der Waals surface area contributed by atoms with Crippen molar-refractivity contribution in [1.82, 2.24) is 10.6 Å². The lowest BCUT2D eigenvalue weighted by molar-refractivity contribution is -0.264. The van der Waals surface area contributed by atoms with E-state index in [1.807, 2.05) is 26.8 Å². The predicted molar refractivity (Wildman–Crippen MR) is 198 cm³/mol. The monoisotopic (exact) mass is 776 g/mol. The van der Waals surface area contributed by atoms with Crippen molar-refractivity contribution in [3.05, 3.63) is 23.7 Å². The summed E-state index contributed by atoms with van der Waals surface area (Å²) in [4.78, 5) is 42.9. The molecule has 5 aliphatic heterocycles. The summed E-state index contributed by atoms with van der Waals surface area (Å²) in [5.41, 5.74) is -5.12. The lowest BCUT2D eigenvalue weighted by Crippen LogP contribution is -2.77. The van der Waals surface area contributed by atoms with E-state index < -0.39 is 75.3 Å². The molecule has 4 N–H and O–H groups in total. The van der Waals surface area contributed by atoms with Gasteiger partial charge in [0.25, 0.3) is 0 Å². The highest BCUT2D eigenvalue weighted by atomic mass is 16.7. The summed E-state index contributed by atoms with van der Waals surface area (Å²) in [6.07, 6.45) is 7.64. The molecule has 56 heavy (non-hydrogen) atoms. The number of carbonyl (C=O) groups excluding carboxylic acids is 3. The van der Waals surface area contributed by atoms with Crippen LogP contribution in [0.5, 0.6) is 0 Å². The van der Waals surface area contributed by atoms with E-state index in [1.165, 1.54) is 12.8 Å². The molecule has 1 aromatic heterocycles. The molecule has 0 amide bonds. The average Bonchev–Trinajstić information content (AvgIpc) is 3.64. The van der Waals surface area contributed by atoms with E-state index in [9.17, 15) is 24.6 Å². The third-order valence-corrected chi connectivity index (χ3v) is 18.5. The molecular formula is C44H60N2O10. The Labute approximate surface area is 328 Å². The van der Waals surface area contributed by atoms with Crippen molar-refractivity contribution in [3.63, 3.8) is 0 Å². The Morgan fingerprint density at radius 1 is 0.893 bits per heavy atom. The van der Waals surface area contributed by atoms with Crippen molar-refractivity contribution >= 4 is 17.7 Å². The normalized spacial score (nSPS) is 52.2. The second-order valence-electron chi connectivity index (χ2n) is 21.1. The minimum absolute atomic E-state index is 0.0159. The number of hydrogen-bond acceptors (Lipinski definition) is 12. The van der Waals surface area contributed by atoms with E-state index in [0.717, 1.165) is 56.6 Å². The zero-order valence-electron chi connectivity index (χ0n) is 33.3. The molecule has 16 atom stereocenters. The Morgan fingerprint density at radius 3 is 2.45 bits per heavy atom. The molecule has 12 nitrogen and oxygen atoms in total. The SMILES string of the molecule is CC1(C)O[C@H]2C3(CCCC3)C(=O)OC[C@@]23[C@@H]1C(=O)[C@@H](O)[C@]1(C)[C@@H]3CC[C@@]2(C)[C@H](c3ccoc3C[C@@H]3C[C@@H]4C[C@H]([C@@H]5CNCN5)CC[C@@H]4C[C@@H]3O)OC(=O)[C@H]3O[C@@]312. The zero-order valence-corrected chi connectivity index (χ0v) is 33.3. The summed E-state index contributed by atoms with van der Waals surface area (Å²) >= 11 is 0. The van der Waals surface area contributed by atoms with Crippen molar-refractivity contribution < 1.29 is 48.0 Å². The van der Waals surface area contributed by atoms with Crippen LogP contribution in [0.4, 0.5) is 0 Å². The lowest BCUT2D eigenvalue weighted by Gasteiger charge is -2.67. The Balaban J connectivity index is 0.936. The van der Waals surface area contributed by atoms with Crippen LogP contribution in [0.25, 0.3) is 0 Å². The van der Waals surface area contributed by atoms with Crippen molar-refractivity contribution in [3.8, 4) is 0 Å². The quantitative estimate of drug-likeness (QED) is 0.255. The molecule has 6 heterocycles. The number of hydrogen-bond donors (Lipinski definition) is 4. The van der Waals surface area contributed by atoms with Gasteiger partial charge in [0.15, 0.2) is 11.9 Å². The van der Waals surface area contributed by atoms with Crippen molar-refractivity contribution in [2.24, 2.45) is 57.2 Å². The molecular weight excluding hydrogens is 716 g/mol. The first-order chi connectivity index (χ1) is 26.7. The smallest absolute Gasteiger partial charge is 0.339 e. The van der Waals surface area contributed by atoms with Gasteiger partial charge in [0.2, 0.25) is 0 Å². The second kappa shape index (κ2) is 11.9. The van der Waals surface area contributed by atoms with Crippen molar-refractivity contribution in [1.29, 1.82) is 0 Å². The van der Waals surface area contributed by atoms with Gasteiger partial charge in [-0.2, -0.15) is 0 Å². The summed E-state index contributed by atoms with van der Waals surface area (Å²) in [6.45, 7) is 9.84. The fraction of sp³-hybridized carbons (Fsp3) is 0.841. The second-order valence-corrected chi connectivity index (χ2v) is 21.1. The van der Waals surface area contributed by atoms with Crippen LogP contribution in [0, 0.1) is 57.2 Å². The van der Waals surface area contributed by atoms with Crippen LogP contribution < -0.4 is 10.6 Å². The van der Waals surface area contributed by atoms with Gasteiger partial charge in [-0.3, -0.25) is 9.59 Å². The standard InChI is InChI=1S/C44H60N2O10/c1-39(2)32-31(48)33(49)41(4)30(43(32)20-53-38(51)42(37(43)56-39)11-5-6-12-42)9-13-40(3)34(54-36(50)35-44(40,41)55-35)26-10-14-52-29(26)18-25-16-24-15-23(27-19-45-21-46-27)8-7-22(24)17-28(25)47/h10,14,22-25,27-28,30,32-35,37,45-47,49H,5-9,11-13,15-21H2,1-4H3/t22-,23-,24+,25+,27+,28+,30+,32-,33-,34+,35-,37+,40+,41+,43-,44-/m1/s1. The highest BCUT2D eigenvalue weighted by Gasteiger charge is 2.91. The maximum atomic E-state index is 15.0. The summed E-state index contributed by atoms with van der Waals surface area (Å²) in [5.74, 6) is 0.398. The van der Waals surface area contributed by atoms with Crippen LogP contribution in [0.3, 0.4) is 0 Å². The Hall–Kier alpha value is -2.35. The molecule has 306 valence electrons. The summed E-state index contributed by atoms with van der Waals surface area (Å²) in [7, 11) is 0. The number of carbonyl (C=O) groups is 3. The van der Waals surface area contributed by atoms with Crippen molar-refractivity contribution in [2.45, 2.75) is 153 Å². The fourth-order valence-electron chi connectivity index (χ4n) is 16.2. The first kappa shape index (κ1) is 36.7. The molecule has 5 aliphatic carbocycles. The lowest BCUT2D eigenvalue weighted by atomic mass is 9.35. The number of nitrogens with one attached hydrogen (secondary N) is 2. The largest absolute Gasteiger partial charge is 0.469 e. The van der Waals surface area contributed by atoms with Crippen LogP contribution in [0.1, 0.15) is 116 Å². The third kappa shape index (κ3) is 4.34. The molecule has 3 spiro atoms. The number of ketones is 1. The van der Waals surface area contributed by atoms with Crippen LogP contribution in [-0.2, 0) is 39.8 Å². The number of esters is 2. The minimum atomic E-state index is -1.43. The predicted octanol–water partition coefficient (Wildman–Crippen LogP) is 4.14.